The molecule has 0 saturated carbocycles. The molecule has 0 amide bonds. The number of piperidine rings is 1. The third kappa shape index (κ3) is 4.87. The van der Waals surface area contributed by atoms with Crippen molar-refractivity contribution in [2.75, 3.05) is 26.2 Å². The normalized spacial score (nSPS) is 17.7. The molecule has 0 atom stereocenters. The van der Waals surface area contributed by atoms with E-state index >= 15 is 0 Å². The maximum Gasteiger partial charge on any atom is 0.0964 e. The molecule has 1 aliphatic heterocycles. The van der Waals surface area contributed by atoms with Crippen LogP contribution >= 0.6 is 0 Å². The Balaban J connectivity index is 1.66. The number of nitrogens with one attached hydrogen (secondary N) is 1. The molecule has 0 radical (unpaired) electrons. The quantitative estimate of drug-likeness (QED) is 0.738. The van der Waals surface area contributed by atoms with Gasteiger partial charge >= 0.3 is 0 Å². The predicted octanol–water partition coefficient (Wildman–Crippen LogP) is 1.90. The van der Waals surface area contributed by atoms with Gasteiger partial charge in [-0.15, -0.1) is 5.10 Å². The van der Waals surface area contributed by atoms with Crippen molar-refractivity contribution in [2.45, 2.75) is 52.6 Å². The smallest absolute Gasteiger partial charge is 0.0964 e. The fraction of sp³-hybridized carbons (Fsp3) is 0.867. The third-order valence-electron chi connectivity index (χ3n) is 4.25. The summed E-state index contributed by atoms with van der Waals surface area (Å²) in [5.74, 6) is 0.953. The molecule has 0 spiro atoms. The van der Waals surface area contributed by atoms with Crippen LogP contribution in [0.15, 0.2) is 6.20 Å². The number of rotatable bonds is 8. The van der Waals surface area contributed by atoms with Crippen molar-refractivity contribution >= 4 is 0 Å². The highest BCUT2D eigenvalue weighted by Gasteiger charge is 2.17. The first-order chi connectivity index (χ1) is 9.81. The van der Waals surface area contributed by atoms with Gasteiger partial charge in [0, 0.05) is 19.3 Å². The minimum atomic E-state index is 0.829. The fourth-order valence-electron chi connectivity index (χ4n) is 2.78. The second-order valence-electron chi connectivity index (χ2n) is 5.84. The predicted molar refractivity (Wildman–Crippen MR) is 81.5 cm³/mol. The lowest BCUT2D eigenvalue weighted by Gasteiger charge is -2.31. The van der Waals surface area contributed by atoms with Crippen molar-refractivity contribution in [3.8, 4) is 0 Å². The lowest BCUT2D eigenvalue weighted by molar-refractivity contribution is 0.174. The average molecular weight is 279 g/mol. The first-order valence-electron chi connectivity index (χ1n) is 8.14. The Bertz CT molecular complexity index is 368. The number of aromatic nitrogens is 3. The van der Waals surface area contributed by atoms with E-state index in [0.29, 0.717) is 0 Å². The van der Waals surface area contributed by atoms with Crippen molar-refractivity contribution in [2.24, 2.45) is 5.92 Å². The molecular formula is C15H29N5. The summed E-state index contributed by atoms with van der Waals surface area (Å²) in [5.41, 5.74) is 1.04. The van der Waals surface area contributed by atoms with E-state index in [2.05, 4.69) is 40.6 Å². The SMILES string of the molecule is CCCNCc1cn(CCN2CCC(CC)CC2)nn1. The zero-order valence-corrected chi connectivity index (χ0v) is 13.0. The zero-order chi connectivity index (χ0) is 14.2. The van der Waals surface area contributed by atoms with Crippen LogP contribution in [0.4, 0.5) is 0 Å². The second-order valence-corrected chi connectivity index (χ2v) is 5.84. The number of hydrogen-bond donors (Lipinski definition) is 1. The fourth-order valence-corrected chi connectivity index (χ4v) is 2.78. The van der Waals surface area contributed by atoms with E-state index in [1.54, 1.807) is 0 Å². The maximum absolute atomic E-state index is 4.21. The van der Waals surface area contributed by atoms with E-state index in [9.17, 15) is 0 Å². The minimum Gasteiger partial charge on any atom is -0.311 e. The molecule has 1 N–H and O–H groups in total. The Hall–Kier alpha value is -0.940. The number of nitrogens with zero attached hydrogens (tertiary/aromatic N) is 4. The van der Waals surface area contributed by atoms with E-state index in [-0.39, 0.29) is 0 Å². The van der Waals surface area contributed by atoms with Gasteiger partial charge in [0.15, 0.2) is 0 Å². The Kier molecular flexibility index (Phi) is 6.47. The van der Waals surface area contributed by atoms with Gasteiger partial charge in [-0.05, 0) is 44.8 Å². The van der Waals surface area contributed by atoms with Gasteiger partial charge < -0.3 is 10.2 Å². The molecule has 0 aromatic carbocycles. The molecular weight excluding hydrogens is 250 g/mol. The molecule has 1 aromatic rings. The number of likely N-dealkylation sites (tertiary alicyclic amines) is 1. The van der Waals surface area contributed by atoms with Gasteiger partial charge in [0.25, 0.3) is 0 Å². The maximum atomic E-state index is 4.21. The molecule has 1 aromatic heterocycles. The molecule has 0 unspecified atom stereocenters. The molecule has 5 nitrogen and oxygen atoms in total. The monoisotopic (exact) mass is 279 g/mol. The molecule has 2 heterocycles. The van der Waals surface area contributed by atoms with Crippen molar-refractivity contribution in [3.05, 3.63) is 11.9 Å². The second kappa shape index (κ2) is 8.37. The van der Waals surface area contributed by atoms with Crippen LogP contribution in [-0.4, -0.2) is 46.1 Å². The first kappa shape index (κ1) is 15.4. The van der Waals surface area contributed by atoms with E-state index < -0.39 is 0 Å². The van der Waals surface area contributed by atoms with Crippen LogP contribution in [0, 0.1) is 5.92 Å². The van der Waals surface area contributed by atoms with Crippen LogP contribution in [0.5, 0.6) is 0 Å². The molecule has 1 saturated heterocycles. The van der Waals surface area contributed by atoms with E-state index in [4.69, 9.17) is 0 Å². The molecule has 2 rings (SSSR count). The van der Waals surface area contributed by atoms with E-state index in [1.807, 2.05) is 4.68 Å². The summed E-state index contributed by atoms with van der Waals surface area (Å²) in [6.45, 7) is 10.9. The molecule has 1 fully saturated rings. The molecule has 0 bridgehead atoms. The average Bonchev–Trinajstić information content (AvgIpc) is 2.94. The summed E-state index contributed by atoms with van der Waals surface area (Å²) in [6, 6.07) is 0. The summed E-state index contributed by atoms with van der Waals surface area (Å²) in [5, 5.41) is 11.8. The lowest BCUT2D eigenvalue weighted by Crippen LogP contribution is -2.35. The summed E-state index contributed by atoms with van der Waals surface area (Å²) < 4.78 is 1.98. The highest BCUT2D eigenvalue weighted by Crippen LogP contribution is 2.19. The van der Waals surface area contributed by atoms with E-state index in [1.165, 1.54) is 32.4 Å². The zero-order valence-electron chi connectivity index (χ0n) is 13.0. The van der Waals surface area contributed by atoms with Gasteiger partial charge in [-0.3, -0.25) is 4.68 Å². The van der Waals surface area contributed by atoms with Crippen LogP contribution in [0.2, 0.25) is 0 Å². The standard InChI is InChI=1S/C15H29N5/c1-3-7-16-12-15-13-20(18-17-15)11-10-19-8-5-14(4-2)6-9-19/h13-14,16H,3-12H2,1-2H3. The van der Waals surface area contributed by atoms with Crippen molar-refractivity contribution < 1.29 is 0 Å². The summed E-state index contributed by atoms with van der Waals surface area (Å²) in [7, 11) is 0. The van der Waals surface area contributed by atoms with E-state index in [0.717, 1.165) is 44.2 Å². The van der Waals surface area contributed by atoms with Gasteiger partial charge in [-0.1, -0.05) is 25.5 Å². The summed E-state index contributed by atoms with van der Waals surface area (Å²) in [4.78, 5) is 2.56. The van der Waals surface area contributed by atoms with Crippen LogP contribution in [0.25, 0.3) is 0 Å². The minimum absolute atomic E-state index is 0.829. The van der Waals surface area contributed by atoms with Crippen LogP contribution in [0.1, 0.15) is 45.2 Å². The molecule has 0 aliphatic carbocycles. The van der Waals surface area contributed by atoms with Crippen LogP contribution in [0.3, 0.4) is 0 Å². The Morgan fingerprint density at radius 1 is 1.25 bits per heavy atom. The molecule has 5 heteroatoms. The molecule has 20 heavy (non-hydrogen) atoms. The van der Waals surface area contributed by atoms with Gasteiger partial charge in [0.2, 0.25) is 0 Å². The molecule has 1 aliphatic rings. The van der Waals surface area contributed by atoms with Crippen molar-refractivity contribution in [3.63, 3.8) is 0 Å². The first-order valence-corrected chi connectivity index (χ1v) is 8.14. The van der Waals surface area contributed by atoms with Crippen molar-refractivity contribution in [1.29, 1.82) is 0 Å². The van der Waals surface area contributed by atoms with Crippen LogP contribution in [-0.2, 0) is 13.1 Å². The molecule has 114 valence electrons. The Morgan fingerprint density at radius 3 is 2.75 bits per heavy atom. The number of hydrogen-bond acceptors (Lipinski definition) is 4. The Morgan fingerprint density at radius 2 is 2.05 bits per heavy atom. The largest absolute Gasteiger partial charge is 0.311 e. The van der Waals surface area contributed by atoms with Gasteiger partial charge in [0.05, 0.1) is 12.2 Å². The summed E-state index contributed by atoms with van der Waals surface area (Å²) in [6.07, 6.45) is 7.29. The highest BCUT2D eigenvalue weighted by atomic mass is 15.4. The van der Waals surface area contributed by atoms with Gasteiger partial charge in [-0.25, -0.2) is 0 Å². The topological polar surface area (TPSA) is 46.0 Å². The third-order valence-corrected chi connectivity index (χ3v) is 4.25. The van der Waals surface area contributed by atoms with Crippen molar-refractivity contribution in [1.82, 2.24) is 25.2 Å². The van der Waals surface area contributed by atoms with Crippen LogP contribution < -0.4 is 5.32 Å². The summed E-state index contributed by atoms with van der Waals surface area (Å²) >= 11 is 0. The highest BCUT2D eigenvalue weighted by molar-refractivity contribution is 4.91. The lowest BCUT2D eigenvalue weighted by atomic mass is 9.94. The van der Waals surface area contributed by atoms with Gasteiger partial charge in [0.1, 0.15) is 0 Å². The van der Waals surface area contributed by atoms with Gasteiger partial charge in [-0.2, -0.15) is 0 Å². The Labute approximate surface area is 122 Å².